The molecule has 0 spiro atoms. The largest absolute Gasteiger partial charge is 0.422 e. The van der Waals surface area contributed by atoms with Crippen LogP contribution < -0.4 is 11.2 Å². The molecule has 0 saturated heterocycles. The summed E-state index contributed by atoms with van der Waals surface area (Å²) in [7, 11) is 0. The van der Waals surface area contributed by atoms with Crippen LogP contribution in [0.2, 0.25) is 0 Å². The topological polar surface area (TPSA) is 112 Å². The molecule has 0 aliphatic heterocycles. The SMILES string of the molecule is CCC(=O)c1nn(-c2ccccc2)c2nc3nccc(-c4cc5ccccc5oc4=O)c3c(=O)n12. The Morgan fingerprint density at radius 3 is 2.54 bits per heavy atom. The second kappa shape index (κ2) is 7.84. The average Bonchev–Trinajstić information content (AvgIpc) is 3.28. The van der Waals surface area contributed by atoms with Gasteiger partial charge in [-0.3, -0.25) is 9.59 Å². The molecule has 170 valence electrons. The third-order valence-electron chi connectivity index (χ3n) is 5.85. The zero-order chi connectivity index (χ0) is 24.1. The van der Waals surface area contributed by atoms with E-state index in [2.05, 4.69) is 15.1 Å². The number of hydrogen-bond donors (Lipinski definition) is 0. The molecule has 0 fully saturated rings. The maximum Gasteiger partial charge on any atom is 0.344 e. The summed E-state index contributed by atoms with van der Waals surface area (Å²) >= 11 is 0. The number of ketones is 1. The Bertz CT molecular complexity index is 1900. The lowest BCUT2D eigenvalue weighted by Gasteiger charge is -2.07. The maximum absolute atomic E-state index is 13.9. The number of hydrogen-bond acceptors (Lipinski definition) is 7. The number of nitrogens with zero attached hydrogens (tertiary/aromatic N) is 5. The normalized spacial score (nSPS) is 11.5. The molecule has 6 aromatic rings. The Labute approximate surface area is 196 Å². The molecule has 4 aromatic heterocycles. The van der Waals surface area contributed by atoms with Crippen LogP contribution >= 0.6 is 0 Å². The van der Waals surface area contributed by atoms with Gasteiger partial charge in [0.1, 0.15) is 5.58 Å². The van der Waals surface area contributed by atoms with Crippen LogP contribution in [-0.4, -0.2) is 29.9 Å². The molecule has 0 aliphatic carbocycles. The Hall–Kier alpha value is -4.92. The van der Waals surface area contributed by atoms with Crippen LogP contribution in [0.3, 0.4) is 0 Å². The molecule has 9 nitrogen and oxygen atoms in total. The number of pyridine rings is 1. The molecule has 35 heavy (non-hydrogen) atoms. The van der Waals surface area contributed by atoms with Crippen molar-refractivity contribution in [3.05, 3.63) is 99.5 Å². The minimum Gasteiger partial charge on any atom is -0.422 e. The molecule has 9 heteroatoms. The molecule has 4 heterocycles. The highest BCUT2D eigenvalue weighted by molar-refractivity contribution is 5.96. The lowest BCUT2D eigenvalue weighted by Crippen LogP contribution is -2.21. The summed E-state index contributed by atoms with van der Waals surface area (Å²) < 4.78 is 8.13. The van der Waals surface area contributed by atoms with Crippen LogP contribution in [0.15, 0.2) is 86.9 Å². The van der Waals surface area contributed by atoms with Gasteiger partial charge < -0.3 is 4.42 Å². The van der Waals surface area contributed by atoms with E-state index in [-0.39, 0.29) is 40.4 Å². The molecule has 0 saturated carbocycles. The number of carbonyl (C=O) groups excluding carboxylic acids is 1. The van der Waals surface area contributed by atoms with E-state index in [4.69, 9.17) is 4.42 Å². The first-order valence-electron chi connectivity index (χ1n) is 11.0. The summed E-state index contributed by atoms with van der Waals surface area (Å²) in [6.45, 7) is 1.70. The summed E-state index contributed by atoms with van der Waals surface area (Å²) in [5.41, 5.74) is 0.602. The molecule has 2 aromatic carbocycles. The number of benzene rings is 2. The van der Waals surface area contributed by atoms with Crippen molar-refractivity contribution in [1.29, 1.82) is 0 Å². The number of para-hydroxylation sites is 2. The number of carbonyl (C=O) groups is 1. The second-order valence-electron chi connectivity index (χ2n) is 7.94. The summed E-state index contributed by atoms with van der Waals surface area (Å²) in [6, 6.07) is 19.5. The summed E-state index contributed by atoms with van der Waals surface area (Å²) in [4.78, 5) is 48.4. The third kappa shape index (κ3) is 3.17. The molecule has 0 aliphatic rings. The van der Waals surface area contributed by atoms with Gasteiger partial charge >= 0.3 is 5.63 Å². The van der Waals surface area contributed by atoms with Crippen molar-refractivity contribution < 1.29 is 9.21 Å². The van der Waals surface area contributed by atoms with Gasteiger partial charge in [0, 0.05) is 23.6 Å². The van der Waals surface area contributed by atoms with Crippen LogP contribution in [0.25, 0.3) is 44.6 Å². The average molecular weight is 463 g/mol. The highest BCUT2D eigenvalue weighted by atomic mass is 16.4. The van der Waals surface area contributed by atoms with Crippen molar-refractivity contribution in [2.24, 2.45) is 0 Å². The van der Waals surface area contributed by atoms with E-state index >= 15 is 0 Å². The fourth-order valence-electron chi connectivity index (χ4n) is 4.17. The summed E-state index contributed by atoms with van der Waals surface area (Å²) in [5, 5.41) is 5.25. The van der Waals surface area contributed by atoms with Gasteiger partial charge in [-0.1, -0.05) is 43.3 Å². The molecule has 0 bridgehead atoms. The first-order chi connectivity index (χ1) is 17.1. The van der Waals surface area contributed by atoms with Crippen molar-refractivity contribution in [3.63, 3.8) is 0 Å². The van der Waals surface area contributed by atoms with Gasteiger partial charge in [-0.15, -0.1) is 5.10 Å². The fourth-order valence-corrected chi connectivity index (χ4v) is 4.17. The van der Waals surface area contributed by atoms with Crippen LogP contribution in [-0.2, 0) is 0 Å². The van der Waals surface area contributed by atoms with Crippen molar-refractivity contribution in [3.8, 4) is 16.8 Å². The van der Waals surface area contributed by atoms with E-state index < -0.39 is 11.2 Å². The van der Waals surface area contributed by atoms with Crippen molar-refractivity contribution in [2.45, 2.75) is 13.3 Å². The standard InChI is InChI=1S/C26H17N5O4/c1-2-19(32)23-29-31(16-9-4-3-5-10-16)26-28-22-21(24(33)30(23)26)17(12-13-27-22)18-14-15-8-6-7-11-20(15)35-25(18)34/h3-14H,2H2,1H3. The Morgan fingerprint density at radius 1 is 0.971 bits per heavy atom. The summed E-state index contributed by atoms with van der Waals surface area (Å²) in [6.07, 6.45) is 1.64. The minimum atomic E-state index is -0.592. The first-order valence-corrected chi connectivity index (χ1v) is 11.0. The van der Waals surface area contributed by atoms with E-state index in [1.165, 1.54) is 15.3 Å². The van der Waals surface area contributed by atoms with Crippen molar-refractivity contribution in [2.75, 3.05) is 0 Å². The van der Waals surface area contributed by atoms with Gasteiger partial charge in [-0.25, -0.2) is 14.2 Å². The van der Waals surface area contributed by atoms with Crippen LogP contribution in [0, 0.1) is 0 Å². The van der Waals surface area contributed by atoms with E-state index in [9.17, 15) is 14.4 Å². The van der Waals surface area contributed by atoms with Gasteiger partial charge in [0.15, 0.2) is 11.4 Å². The third-order valence-corrected chi connectivity index (χ3v) is 5.85. The lowest BCUT2D eigenvalue weighted by atomic mass is 10.0. The Balaban J connectivity index is 1.73. The second-order valence-corrected chi connectivity index (χ2v) is 7.94. The predicted octanol–water partition coefficient (Wildman–Crippen LogP) is 3.79. The molecule has 0 unspecified atom stereocenters. The van der Waals surface area contributed by atoms with Crippen LogP contribution in [0.4, 0.5) is 0 Å². The summed E-state index contributed by atoms with van der Waals surface area (Å²) in [5.74, 6) is -0.199. The van der Waals surface area contributed by atoms with E-state index in [0.717, 1.165) is 0 Å². The minimum absolute atomic E-state index is 0.0360. The van der Waals surface area contributed by atoms with Gasteiger partial charge in [0.25, 0.3) is 5.56 Å². The van der Waals surface area contributed by atoms with Crippen LogP contribution in [0.5, 0.6) is 0 Å². The molecule has 0 radical (unpaired) electrons. The number of rotatable bonds is 4. The fraction of sp³-hybridized carbons (Fsp3) is 0.0769. The van der Waals surface area contributed by atoms with Crippen LogP contribution in [0.1, 0.15) is 24.0 Å². The monoisotopic (exact) mass is 463 g/mol. The Morgan fingerprint density at radius 2 is 1.74 bits per heavy atom. The lowest BCUT2D eigenvalue weighted by molar-refractivity contribution is 0.0976. The Kier molecular flexibility index (Phi) is 4.63. The van der Waals surface area contributed by atoms with Gasteiger partial charge in [-0.05, 0) is 30.3 Å². The van der Waals surface area contributed by atoms with Gasteiger partial charge in [-0.2, -0.15) is 9.67 Å². The smallest absolute Gasteiger partial charge is 0.344 e. The number of Topliss-reactive ketones (excluding diaryl/α,β-unsaturated/α-hetero) is 1. The zero-order valence-corrected chi connectivity index (χ0v) is 18.5. The van der Waals surface area contributed by atoms with E-state index in [1.54, 1.807) is 43.3 Å². The maximum atomic E-state index is 13.9. The van der Waals surface area contributed by atoms with Gasteiger partial charge in [0.05, 0.1) is 16.6 Å². The predicted molar refractivity (Wildman–Crippen MR) is 130 cm³/mol. The highest BCUT2D eigenvalue weighted by Gasteiger charge is 2.24. The van der Waals surface area contributed by atoms with E-state index in [0.29, 0.717) is 22.2 Å². The highest BCUT2D eigenvalue weighted by Crippen LogP contribution is 2.26. The number of aromatic nitrogens is 5. The molecule has 6 rings (SSSR count). The molecular weight excluding hydrogens is 446 g/mol. The van der Waals surface area contributed by atoms with E-state index in [1.807, 2.05) is 30.3 Å². The number of fused-ring (bicyclic) bond motifs is 3. The first kappa shape index (κ1) is 20.7. The van der Waals surface area contributed by atoms with Crippen molar-refractivity contribution in [1.82, 2.24) is 24.1 Å². The quantitative estimate of drug-likeness (QED) is 0.289. The molecule has 0 amide bonds. The zero-order valence-electron chi connectivity index (χ0n) is 18.5. The molecule has 0 N–H and O–H groups in total. The van der Waals surface area contributed by atoms with Gasteiger partial charge in [0.2, 0.25) is 11.6 Å². The molecule has 0 atom stereocenters. The molecular formula is C26H17N5O4. The van der Waals surface area contributed by atoms with Crippen molar-refractivity contribution >= 4 is 33.6 Å².